The predicted octanol–water partition coefficient (Wildman–Crippen LogP) is -1.96. The van der Waals surface area contributed by atoms with Crippen LogP contribution in [0.3, 0.4) is 0 Å². The van der Waals surface area contributed by atoms with E-state index in [1.54, 1.807) is 7.85 Å². The van der Waals surface area contributed by atoms with Crippen molar-refractivity contribution in [2.24, 2.45) is 0 Å². The van der Waals surface area contributed by atoms with Gasteiger partial charge in [-0.25, -0.2) is 0 Å². The molecule has 0 unspecified atom stereocenters. The van der Waals surface area contributed by atoms with E-state index in [4.69, 9.17) is 5.11 Å². The Morgan fingerprint density at radius 1 is 1.62 bits per heavy atom. The van der Waals surface area contributed by atoms with Gasteiger partial charge in [-0.2, -0.15) is 0 Å². The van der Waals surface area contributed by atoms with E-state index in [0.717, 1.165) is 0 Å². The molecule has 8 heavy (non-hydrogen) atoms. The van der Waals surface area contributed by atoms with Crippen LogP contribution in [-0.4, -0.2) is 31.7 Å². The molecule has 2 nitrogen and oxygen atoms in total. The maximum absolute atomic E-state index is 10.5. The fraction of sp³-hybridized carbons (Fsp3) is 0. The zero-order valence-corrected chi connectivity index (χ0v) is 4.56. The third-order valence-electron chi connectivity index (χ3n) is 1.26. The summed E-state index contributed by atoms with van der Waals surface area (Å²) in [6, 6.07) is 0. The second kappa shape index (κ2) is 1.34. The van der Waals surface area contributed by atoms with Gasteiger partial charge in [0.2, 0.25) is 0 Å². The minimum absolute atomic E-state index is 0.0648. The quantitative estimate of drug-likeness (QED) is 0.364. The van der Waals surface area contributed by atoms with Crippen LogP contribution in [0.4, 0.5) is 0 Å². The average molecular weight is 106 g/mol. The number of carbonyl (C=O) groups is 1. The number of hydrogen-bond donors (Lipinski definition) is 1. The van der Waals surface area contributed by atoms with Gasteiger partial charge in [-0.05, 0) is 0 Å². The molecule has 0 aliphatic heterocycles. The van der Waals surface area contributed by atoms with Crippen LogP contribution in [0.5, 0.6) is 0 Å². The van der Waals surface area contributed by atoms with Crippen LogP contribution in [-0.2, 0) is 4.79 Å². The standard InChI is InChI=1S/C4H4B2O2/c5-1-3(7)2(6)4(1)8/h5,7H,6H2. The molecule has 1 aliphatic carbocycles. The van der Waals surface area contributed by atoms with E-state index in [-0.39, 0.29) is 17.0 Å². The first-order valence-corrected chi connectivity index (χ1v) is 2.28. The van der Waals surface area contributed by atoms with Gasteiger partial charge in [0.15, 0.2) is 0 Å². The summed E-state index contributed by atoms with van der Waals surface area (Å²) in [5, 5.41) is 8.71. The van der Waals surface area contributed by atoms with Crippen molar-refractivity contribution in [1.82, 2.24) is 0 Å². The van der Waals surface area contributed by atoms with E-state index in [0.29, 0.717) is 5.47 Å². The van der Waals surface area contributed by atoms with E-state index in [9.17, 15) is 4.79 Å². The first kappa shape index (κ1) is 5.35. The molecule has 0 heterocycles. The molecule has 0 amide bonds. The normalized spacial score (nSPS) is 18.9. The van der Waals surface area contributed by atoms with Crippen molar-refractivity contribution in [3.63, 3.8) is 0 Å². The number of rotatable bonds is 0. The van der Waals surface area contributed by atoms with E-state index in [1.807, 2.05) is 0 Å². The number of allylic oxidation sites excluding steroid dienone is 2. The summed E-state index contributed by atoms with van der Waals surface area (Å²) in [4.78, 5) is 10.5. The Morgan fingerprint density at radius 2 is 2.12 bits per heavy atom. The Bertz CT molecular complexity index is 182. The summed E-state index contributed by atoms with van der Waals surface area (Å²) in [5.41, 5.74) is 0.664. The van der Waals surface area contributed by atoms with E-state index < -0.39 is 0 Å². The molecule has 0 fully saturated rings. The molecule has 0 saturated heterocycles. The zero-order chi connectivity index (χ0) is 6.31. The van der Waals surface area contributed by atoms with Crippen LogP contribution in [0.25, 0.3) is 0 Å². The molecule has 0 spiro atoms. The van der Waals surface area contributed by atoms with Crippen LogP contribution in [0, 0.1) is 0 Å². The molecule has 4 heteroatoms. The summed E-state index contributed by atoms with van der Waals surface area (Å²) >= 11 is 0. The Kier molecular flexibility index (Phi) is 0.897. The summed E-state index contributed by atoms with van der Waals surface area (Å²) in [6.45, 7) is 0. The molecule has 1 rings (SSSR count). The van der Waals surface area contributed by atoms with Crippen LogP contribution in [0.15, 0.2) is 11.2 Å². The molecule has 0 aromatic rings. The van der Waals surface area contributed by atoms with Crippen molar-refractivity contribution in [1.29, 1.82) is 0 Å². The topological polar surface area (TPSA) is 37.3 Å². The fourth-order valence-electron chi connectivity index (χ4n) is 0.605. The first-order chi connectivity index (χ1) is 3.64. The van der Waals surface area contributed by atoms with Crippen molar-refractivity contribution < 1.29 is 9.90 Å². The van der Waals surface area contributed by atoms with Crippen molar-refractivity contribution in [3.8, 4) is 0 Å². The van der Waals surface area contributed by atoms with Crippen LogP contribution in [0.1, 0.15) is 0 Å². The van der Waals surface area contributed by atoms with E-state index >= 15 is 0 Å². The second-order valence-corrected chi connectivity index (χ2v) is 1.78. The molecule has 0 saturated carbocycles. The molecule has 0 bridgehead atoms. The third kappa shape index (κ3) is 0.399. The Morgan fingerprint density at radius 3 is 2.25 bits per heavy atom. The van der Waals surface area contributed by atoms with Gasteiger partial charge in [0.25, 0.3) is 0 Å². The molecule has 0 aromatic carbocycles. The molecule has 1 aliphatic rings. The number of aliphatic hydroxyl groups excluding tert-OH is 1. The number of ketones is 1. The average Bonchev–Trinajstić information content (AvgIpc) is 1.83. The molecule has 1 N–H and O–H groups in total. The van der Waals surface area contributed by atoms with Gasteiger partial charge in [-0.1, -0.05) is 0 Å². The Hall–Kier alpha value is -0.790. The summed E-state index contributed by atoms with van der Waals surface area (Å²) in [7, 11) is 4.89. The van der Waals surface area contributed by atoms with Gasteiger partial charge in [0.1, 0.15) is 0 Å². The minimum atomic E-state index is -0.123. The van der Waals surface area contributed by atoms with Gasteiger partial charge in [0.05, 0.1) is 0 Å². The predicted molar refractivity (Wildman–Crippen MR) is 35.4 cm³/mol. The molecule has 0 atom stereocenters. The van der Waals surface area contributed by atoms with Crippen LogP contribution >= 0.6 is 0 Å². The maximum atomic E-state index is 10.5. The third-order valence-corrected chi connectivity index (χ3v) is 1.26. The van der Waals surface area contributed by atoms with Gasteiger partial charge < -0.3 is 0 Å². The Balaban J connectivity index is 3.08. The summed E-state index contributed by atoms with van der Waals surface area (Å²) in [6.07, 6.45) is 0. The fourth-order valence-corrected chi connectivity index (χ4v) is 0.605. The van der Waals surface area contributed by atoms with Crippen LogP contribution in [0.2, 0.25) is 0 Å². The van der Waals surface area contributed by atoms with Crippen molar-refractivity contribution in [3.05, 3.63) is 11.2 Å². The van der Waals surface area contributed by atoms with Gasteiger partial charge in [-0.3, -0.25) is 0 Å². The van der Waals surface area contributed by atoms with Crippen molar-refractivity contribution in [2.75, 3.05) is 0 Å². The molecular weight excluding hydrogens is 102 g/mol. The van der Waals surface area contributed by atoms with Gasteiger partial charge in [0, 0.05) is 0 Å². The van der Waals surface area contributed by atoms with E-state index in [2.05, 4.69) is 7.49 Å². The number of Topliss-reactive ketones (excluding diaryl/α,β-unsaturated/α-hetero) is 1. The van der Waals surface area contributed by atoms with Crippen LogP contribution < -0.4 is 0 Å². The van der Waals surface area contributed by atoms with E-state index in [1.165, 1.54) is 0 Å². The SMILES string of the molecule is B=C1C(=O)C(B)=C1O. The molecule has 38 valence electrons. The molecule has 0 radical (unpaired) electrons. The summed E-state index contributed by atoms with van der Waals surface area (Å²) < 4.78 is 0. The monoisotopic (exact) mass is 106 g/mol. The summed E-state index contributed by atoms with van der Waals surface area (Å²) in [5.74, 6) is -0.0579. The first-order valence-electron chi connectivity index (χ1n) is 2.28. The zero-order valence-electron chi connectivity index (χ0n) is 4.56. The second-order valence-electron chi connectivity index (χ2n) is 1.78. The Labute approximate surface area is 48.7 Å². The van der Waals surface area contributed by atoms with Gasteiger partial charge >= 0.3 is 47.7 Å². The van der Waals surface area contributed by atoms with Crippen molar-refractivity contribution in [2.45, 2.75) is 0 Å². The number of carbonyl (C=O) groups excluding carboxylic acids is 1. The number of aliphatic hydroxyl groups is 1. The van der Waals surface area contributed by atoms with Crippen molar-refractivity contribution >= 4 is 26.6 Å². The number of hydrogen-bond acceptors (Lipinski definition) is 2. The molecular formula is C4H4B2O2. The van der Waals surface area contributed by atoms with Gasteiger partial charge in [-0.15, -0.1) is 0 Å². The molecule has 0 aromatic heterocycles.